The maximum Gasteiger partial charge on any atom is 0.433 e. The second-order valence-electron chi connectivity index (χ2n) is 4.79. The Balaban J connectivity index is 2.36. The van der Waals surface area contributed by atoms with Gasteiger partial charge in [0.25, 0.3) is 0 Å². The highest BCUT2D eigenvalue weighted by atomic mass is 19.4. The van der Waals surface area contributed by atoms with Crippen molar-refractivity contribution in [1.29, 1.82) is 0 Å². The second kappa shape index (κ2) is 3.94. The average Bonchev–Trinajstić information content (AvgIpc) is 2.93. The highest BCUT2D eigenvalue weighted by molar-refractivity contribution is 6.24. The van der Waals surface area contributed by atoms with Gasteiger partial charge in [0.1, 0.15) is 11.2 Å². The van der Waals surface area contributed by atoms with Crippen LogP contribution >= 0.6 is 0 Å². The number of hydrogen-bond donors (Lipinski definition) is 1. The molecule has 1 N–H and O–H groups in total. The van der Waals surface area contributed by atoms with Crippen molar-refractivity contribution in [3.63, 3.8) is 0 Å². The Morgan fingerprint density at radius 2 is 1.67 bits per heavy atom. The number of pyridine rings is 1. The fourth-order valence-corrected chi connectivity index (χ4v) is 2.76. The molecule has 21 heavy (non-hydrogen) atoms. The summed E-state index contributed by atoms with van der Waals surface area (Å²) in [7, 11) is 0. The van der Waals surface area contributed by atoms with Crippen molar-refractivity contribution < 1.29 is 13.2 Å². The lowest BCUT2D eigenvalue weighted by atomic mass is 9.98. The molecule has 0 bridgehead atoms. The van der Waals surface area contributed by atoms with Gasteiger partial charge in [-0.15, -0.1) is 0 Å². The summed E-state index contributed by atoms with van der Waals surface area (Å²) in [5.74, 6) is 0. The van der Waals surface area contributed by atoms with Crippen LogP contribution < -0.4 is 0 Å². The first-order chi connectivity index (χ1) is 10.1. The van der Waals surface area contributed by atoms with Gasteiger partial charge < -0.3 is 0 Å². The molecule has 0 spiro atoms. The fourth-order valence-electron chi connectivity index (χ4n) is 2.76. The van der Waals surface area contributed by atoms with E-state index in [-0.39, 0.29) is 5.39 Å². The lowest BCUT2D eigenvalue weighted by Gasteiger charge is -2.08. The zero-order chi connectivity index (χ0) is 14.6. The van der Waals surface area contributed by atoms with Gasteiger partial charge in [-0.1, -0.05) is 24.3 Å². The molecule has 6 heteroatoms. The summed E-state index contributed by atoms with van der Waals surface area (Å²) >= 11 is 0. The van der Waals surface area contributed by atoms with Crippen LogP contribution in [0.15, 0.2) is 42.7 Å². The Morgan fingerprint density at radius 3 is 2.43 bits per heavy atom. The SMILES string of the molecule is FC(F)(F)c1[nH]nc2c3ccccc3c3cnccc3c12. The Labute approximate surface area is 116 Å². The van der Waals surface area contributed by atoms with Crippen molar-refractivity contribution in [1.82, 2.24) is 15.2 Å². The molecule has 2 heterocycles. The van der Waals surface area contributed by atoms with Crippen molar-refractivity contribution in [3.05, 3.63) is 48.4 Å². The maximum atomic E-state index is 13.2. The van der Waals surface area contributed by atoms with Gasteiger partial charge in [-0.3, -0.25) is 10.1 Å². The molecule has 4 aromatic rings. The molecule has 0 fully saturated rings. The standard InChI is InChI=1S/C15H8F3N3/c16-15(17,18)14-12-9-5-6-19-7-11(9)8-3-1-2-4-10(8)13(12)20-21-14/h1-7H,(H,20,21). The van der Waals surface area contributed by atoms with E-state index in [9.17, 15) is 13.2 Å². The molecule has 2 aromatic heterocycles. The highest BCUT2D eigenvalue weighted by Gasteiger charge is 2.36. The largest absolute Gasteiger partial charge is 0.433 e. The van der Waals surface area contributed by atoms with E-state index in [2.05, 4.69) is 15.2 Å². The molecule has 4 rings (SSSR count). The number of hydrogen-bond acceptors (Lipinski definition) is 2. The van der Waals surface area contributed by atoms with Crippen molar-refractivity contribution >= 4 is 32.4 Å². The number of nitrogens with zero attached hydrogens (tertiary/aromatic N) is 2. The third-order valence-corrected chi connectivity index (χ3v) is 3.61. The van der Waals surface area contributed by atoms with Crippen LogP contribution in [0.4, 0.5) is 13.2 Å². The van der Waals surface area contributed by atoms with Crippen LogP contribution in [0.5, 0.6) is 0 Å². The summed E-state index contributed by atoms with van der Waals surface area (Å²) in [6.45, 7) is 0. The number of aromatic amines is 1. The van der Waals surface area contributed by atoms with Crippen LogP contribution in [0.1, 0.15) is 5.69 Å². The summed E-state index contributed by atoms with van der Waals surface area (Å²) in [6.07, 6.45) is -1.40. The van der Waals surface area contributed by atoms with Crippen LogP contribution in [0.25, 0.3) is 32.4 Å². The van der Waals surface area contributed by atoms with Gasteiger partial charge in [0.05, 0.1) is 0 Å². The van der Waals surface area contributed by atoms with Gasteiger partial charge >= 0.3 is 6.18 Å². The third kappa shape index (κ3) is 1.62. The predicted molar refractivity (Wildman–Crippen MR) is 73.9 cm³/mol. The van der Waals surface area contributed by atoms with E-state index in [1.807, 2.05) is 12.1 Å². The molecule has 0 saturated carbocycles. The van der Waals surface area contributed by atoms with Crippen molar-refractivity contribution in [2.75, 3.05) is 0 Å². The van der Waals surface area contributed by atoms with Gasteiger partial charge in [-0.05, 0) is 16.8 Å². The number of halogens is 3. The molecule has 104 valence electrons. The van der Waals surface area contributed by atoms with E-state index in [0.717, 1.165) is 5.39 Å². The molecule has 2 aromatic carbocycles. The normalized spacial score (nSPS) is 12.5. The molecule has 3 nitrogen and oxygen atoms in total. The van der Waals surface area contributed by atoms with Gasteiger partial charge in [-0.2, -0.15) is 18.3 Å². The molecule has 0 radical (unpaired) electrons. The minimum Gasteiger partial charge on any atom is -0.272 e. The Bertz CT molecular complexity index is 986. The van der Waals surface area contributed by atoms with Gasteiger partial charge in [0.2, 0.25) is 0 Å². The molecular formula is C15H8F3N3. The van der Waals surface area contributed by atoms with Crippen LogP contribution in [0.3, 0.4) is 0 Å². The number of H-pyrrole nitrogens is 1. The summed E-state index contributed by atoms with van der Waals surface area (Å²) in [5, 5.41) is 8.85. The second-order valence-corrected chi connectivity index (χ2v) is 4.79. The molecule has 0 saturated heterocycles. The van der Waals surface area contributed by atoms with Crippen LogP contribution in [0, 0.1) is 0 Å². The summed E-state index contributed by atoms with van der Waals surface area (Å²) in [5.41, 5.74) is -0.490. The zero-order valence-electron chi connectivity index (χ0n) is 10.6. The number of nitrogens with one attached hydrogen (secondary N) is 1. The summed E-state index contributed by atoms with van der Waals surface area (Å²) in [6, 6.07) is 8.85. The molecule has 0 unspecified atom stereocenters. The molecule has 0 amide bonds. The Morgan fingerprint density at radius 1 is 0.905 bits per heavy atom. The van der Waals surface area contributed by atoms with Gasteiger partial charge in [0.15, 0.2) is 0 Å². The minimum atomic E-state index is -4.48. The van der Waals surface area contributed by atoms with Crippen LogP contribution in [-0.2, 0) is 6.18 Å². The molecule has 0 aliphatic carbocycles. The van der Waals surface area contributed by atoms with E-state index in [1.54, 1.807) is 24.4 Å². The number of benzene rings is 2. The first-order valence-electron chi connectivity index (χ1n) is 6.27. The van der Waals surface area contributed by atoms with Gasteiger partial charge in [0, 0.05) is 28.6 Å². The first-order valence-corrected chi connectivity index (χ1v) is 6.27. The first kappa shape index (κ1) is 12.1. The van der Waals surface area contributed by atoms with E-state index in [1.165, 1.54) is 6.20 Å². The van der Waals surface area contributed by atoms with Crippen LogP contribution in [-0.4, -0.2) is 15.2 Å². The maximum absolute atomic E-state index is 13.2. The lowest BCUT2D eigenvalue weighted by Crippen LogP contribution is -2.06. The van der Waals surface area contributed by atoms with Crippen molar-refractivity contribution in [2.24, 2.45) is 0 Å². The number of alkyl halides is 3. The smallest absolute Gasteiger partial charge is 0.272 e. The number of rotatable bonds is 0. The monoisotopic (exact) mass is 287 g/mol. The van der Waals surface area contributed by atoms with Crippen LogP contribution in [0.2, 0.25) is 0 Å². The topological polar surface area (TPSA) is 41.6 Å². The van der Waals surface area contributed by atoms with E-state index >= 15 is 0 Å². The predicted octanol–water partition coefficient (Wildman–Crippen LogP) is 4.28. The summed E-state index contributed by atoms with van der Waals surface area (Å²) < 4.78 is 39.6. The summed E-state index contributed by atoms with van der Waals surface area (Å²) in [4.78, 5) is 4.03. The van der Waals surface area contributed by atoms with E-state index < -0.39 is 11.9 Å². The molecular weight excluding hydrogens is 279 g/mol. The Hall–Kier alpha value is -2.63. The molecule has 0 aliphatic rings. The highest BCUT2D eigenvalue weighted by Crippen LogP contribution is 2.40. The lowest BCUT2D eigenvalue weighted by molar-refractivity contribution is -0.139. The van der Waals surface area contributed by atoms with Crippen molar-refractivity contribution in [2.45, 2.75) is 6.18 Å². The fraction of sp³-hybridized carbons (Fsp3) is 0.0667. The molecule has 0 aliphatic heterocycles. The van der Waals surface area contributed by atoms with E-state index in [4.69, 9.17) is 0 Å². The number of fused-ring (bicyclic) bond motifs is 6. The van der Waals surface area contributed by atoms with Crippen molar-refractivity contribution in [3.8, 4) is 0 Å². The van der Waals surface area contributed by atoms with Gasteiger partial charge in [-0.25, -0.2) is 0 Å². The average molecular weight is 287 g/mol. The molecule has 0 atom stereocenters. The zero-order valence-corrected chi connectivity index (χ0v) is 10.6. The minimum absolute atomic E-state index is 0.0959. The van der Waals surface area contributed by atoms with E-state index in [0.29, 0.717) is 21.7 Å². The number of aromatic nitrogens is 3. The Kier molecular flexibility index (Phi) is 2.28. The third-order valence-electron chi connectivity index (χ3n) is 3.61. The quantitative estimate of drug-likeness (QED) is 0.490.